The Balaban J connectivity index is 2.26. The molecule has 5 nitrogen and oxygen atoms in total. The lowest BCUT2D eigenvalue weighted by Gasteiger charge is -2.27. The molecule has 1 aliphatic heterocycles. The second-order valence-electron chi connectivity index (χ2n) is 6.06. The van der Waals surface area contributed by atoms with Crippen LogP contribution in [-0.4, -0.2) is 60.9 Å². The van der Waals surface area contributed by atoms with Gasteiger partial charge in [-0.2, -0.15) is 0 Å². The van der Waals surface area contributed by atoms with E-state index >= 15 is 0 Å². The van der Waals surface area contributed by atoms with Gasteiger partial charge in [0.05, 0.1) is 6.10 Å². The highest BCUT2D eigenvalue weighted by Gasteiger charge is 2.31. The predicted octanol–water partition coefficient (Wildman–Crippen LogP) is 1.72. The molecule has 0 spiro atoms. The van der Waals surface area contributed by atoms with Gasteiger partial charge in [0.15, 0.2) is 0 Å². The van der Waals surface area contributed by atoms with Crippen molar-refractivity contribution in [1.82, 2.24) is 10.2 Å². The minimum Gasteiger partial charge on any atom is -0.480 e. The highest BCUT2D eigenvalue weighted by Crippen LogP contribution is 2.15. The zero-order valence-corrected chi connectivity index (χ0v) is 13.2. The molecule has 118 valence electrons. The number of likely N-dealkylation sites (N-methyl/N-ethyl adjacent to an activating group) is 1. The van der Waals surface area contributed by atoms with Crippen molar-refractivity contribution in [3.05, 3.63) is 0 Å². The molecule has 0 aliphatic carbocycles. The van der Waals surface area contributed by atoms with E-state index in [0.29, 0.717) is 12.5 Å². The fraction of sp³-hybridized carbons (Fsp3) is 0.933. The number of carboxylic acid groups (broad SMARTS) is 1. The number of aliphatic carboxylic acids is 1. The topological polar surface area (TPSA) is 61.8 Å². The van der Waals surface area contributed by atoms with Gasteiger partial charge in [0, 0.05) is 13.2 Å². The molecule has 1 rings (SSSR count). The van der Waals surface area contributed by atoms with Gasteiger partial charge in [-0.15, -0.1) is 0 Å². The number of nitrogens with zero attached hydrogens (tertiary/aromatic N) is 1. The number of ether oxygens (including phenoxy) is 1. The molecule has 0 aromatic rings. The lowest BCUT2D eigenvalue weighted by molar-refractivity contribution is -0.144. The molecule has 5 heteroatoms. The first-order valence-electron chi connectivity index (χ1n) is 7.76. The average Bonchev–Trinajstić information content (AvgIpc) is 2.89. The highest BCUT2D eigenvalue weighted by molar-refractivity contribution is 5.78. The molecule has 0 radical (unpaired) electrons. The Bertz CT molecular complexity index is 293. The van der Waals surface area contributed by atoms with Gasteiger partial charge in [-0.05, 0) is 59.2 Å². The summed E-state index contributed by atoms with van der Waals surface area (Å²) in [5.74, 6) is -0.757. The molecular weight excluding hydrogens is 256 g/mol. The Morgan fingerprint density at radius 1 is 1.55 bits per heavy atom. The third kappa shape index (κ3) is 5.77. The van der Waals surface area contributed by atoms with Gasteiger partial charge >= 0.3 is 5.97 Å². The first kappa shape index (κ1) is 17.4. The molecule has 1 aliphatic rings. The standard InChI is InChI=1S/C15H30N2O3/c1-4-9-16-15(2,14(18)19)8-6-10-17(3)12-13-7-5-11-20-13/h13,16H,4-12H2,1-3H3,(H,18,19). The molecule has 1 heterocycles. The number of hydrogen-bond donors (Lipinski definition) is 2. The lowest BCUT2D eigenvalue weighted by Crippen LogP contribution is -2.50. The Morgan fingerprint density at radius 3 is 2.85 bits per heavy atom. The van der Waals surface area contributed by atoms with Gasteiger partial charge in [0.25, 0.3) is 0 Å². The molecular formula is C15H30N2O3. The molecule has 0 amide bonds. The van der Waals surface area contributed by atoms with Crippen LogP contribution in [0.4, 0.5) is 0 Å². The van der Waals surface area contributed by atoms with Crippen molar-refractivity contribution in [2.24, 2.45) is 0 Å². The van der Waals surface area contributed by atoms with Crippen LogP contribution in [0, 0.1) is 0 Å². The molecule has 2 N–H and O–H groups in total. The van der Waals surface area contributed by atoms with E-state index in [1.165, 1.54) is 0 Å². The van der Waals surface area contributed by atoms with E-state index in [4.69, 9.17) is 4.74 Å². The van der Waals surface area contributed by atoms with Gasteiger partial charge in [0.2, 0.25) is 0 Å². The smallest absolute Gasteiger partial charge is 0.323 e. The largest absolute Gasteiger partial charge is 0.480 e. The Labute approximate surface area is 122 Å². The van der Waals surface area contributed by atoms with E-state index in [0.717, 1.165) is 51.9 Å². The van der Waals surface area contributed by atoms with Crippen molar-refractivity contribution in [3.63, 3.8) is 0 Å². The Kier molecular flexibility index (Phi) is 7.48. The van der Waals surface area contributed by atoms with Crippen molar-refractivity contribution < 1.29 is 14.6 Å². The van der Waals surface area contributed by atoms with E-state index in [1.54, 1.807) is 6.92 Å². The number of rotatable bonds is 10. The monoisotopic (exact) mass is 286 g/mol. The van der Waals surface area contributed by atoms with Crippen molar-refractivity contribution >= 4 is 5.97 Å². The molecule has 2 atom stereocenters. The van der Waals surface area contributed by atoms with Crippen LogP contribution in [0.2, 0.25) is 0 Å². The summed E-state index contributed by atoms with van der Waals surface area (Å²) >= 11 is 0. The molecule has 0 saturated carbocycles. The maximum atomic E-state index is 11.4. The molecule has 1 saturated heterocycles. The minimum atomic E-state index is -0.805. The average molecular weight is 286 g/mol. The summed E-state index contributed by atoms with van der Waals surface area (Å²) in [5.41, 5.74) is -0.805. The van der Waals surface area contributed by atoms with E-state index in [1.807, 2.05) is 6.92 Å². The lowest BCUT2D eigenvalue weighted by atomic mass is 9.95. The fourth-order valence-corrected chi connectivity index (χ4v) is 2.60. The second kappa shape index (κ2) is 8.60. The van der Waals surface area contributed by atoms with Gasteiger partial charge in [-0.1, -0.05) is 6.92 Å². The zero-order chi connectivity index (χ0) is 15.0. The number of carbonyl (C=O) groups is 1. The summed E-state index contributed by atoms with van der Waals surface area (Å²) in [6, 6.07) is 0. The first-order chi connectivity index (χ1) is 9.48. The maximum absolute atomic E-state index is 11.4. The summed E-state index contributed by atoms with van der Waals surface area (Å²) in [5, 5.41) is 12.5. The summed E-state index contributed by atoms with van der Waals surface area (Å²) in [6.45, 7) is 7.32. The first-order valence-corrected chi connectivity index (χ1v) is 7.76. The van der Waals surface area contributed by atoms with E-state index in [-0.39, 0.29) is 0 Å². The quantitative estimate of drug-likeness (QED) is 0.640. The van der Waals surface area contributed by atoms with Gasteiger partial charge in [0.1, 0.15) is 5.54 Å². The molecule has 20 heavy (non-hydrogen) atoms. The molecule has 0 aromatic heterocycles. The van der Waals surface area contributed by atoms with E-state index in [9.17, 15) is 9.90 Å². The number of carboxylic acids is 1. The summed E-state index contributed by atoms with van der Waals surface area (Å²) in [4.78, 5) is 13.6. The van der Waals surface area contributed by atoms with Gasteiger partial charge in [-0.25, -0.2) is 0 Å². The van der Waals surface area contributed by atoms with Gasteiger partial charge in [-0.3, -0.25) is 4.79 Å². The maximum Gasteiger partial charge on any atom is 0.323 e. The summed E-state index contributed by atoms with van der Waals surface area (Å²) < 4.78 is 5.61. The van der Waals surface area contributed by atoms with Crippen LogP contribution < -0.4 is 5.32 Å². The number of nitrogens with one attached hydrogen (secondary N) is 1. The van der Waals surface area contributed by atoms with Crippen LogP contribution in [0.5, 0.6) is 0 Å². The third-order valence-electron chi connectivity index (χ3n) is 3.99. The second-order valence-corrected chi connectivity index (χ2v) is 6.06. The van der Waals surface area contributed by atoms with Crippen LogP contribution in [-0.2, 0) is 9.53 Å². The fourth-order valence-electron chi connectivity index (χ4n) is 2.60. The minimum absolute atomic E-state index is 0.365. The predicted molar refractivity (Wildman–Crippen MR) is 80.0 cm³/mol. The Hall–Kier alpha value is -0.650. The molecule has 1 fully saturated rings. The van der Waals surface area contributed by atoms with Crippen molar-refractivity contribution in [2.45, 2.75) is 57.6 Å². The van der Waals surface area contributed by atoms with Crippen molar-refractivity contribution in [2.75, 3.05) is 33.3 Å². The van der Waals surface area contributed by atoms with Crippen LogP contribution >= 0.6 is 0 Å². The SMILES string of the molecule is CCCNC(C)(CCCN(C)CC1CCCO1)C(=O)O. The summed E-state index contributed by atoms with van der Waals surface area (Å²) in [6.07, 6.45) is 5.15. The van der Waals surface area contributed by atoms with Crippen molar-refractivity contribution in [1.29, 1.82) is 0 Å². The Morgan fingerprint density at radius 2 is 2.30 bits per heavy atom. The highest BCUT2D eigenvalue weighted by atomic mass is 16.5. The van der Waals surface area contributed by atoms with Crippen molar-refractivity contribution in [3.8, 4) is 0 Å². The van der Waals surface area contributed by atoms with Crippen LogP contribution in [0.3, 0.4) is 0 Å². The molecule has 2 unspecified atom stereocenters. The molecule has 0 aromatic carbocycles. The normalized spacial score (nSPS) is 22.1. The summed E-state index contributed by atoms with van der Waals surface area (Å²) in [7, 11) is 2.08. The number of hydrogen-bond acceptors (Lipinski definition) is 4. The van der Waals surface area contributed by atoms with E-state index in [2.05, 4.69) is 17.3 Å². The van der Waals surface area contributed by atoms with Crippen LogP contribution in [0.15, 0.2) is 0 Å². The molecule has 0 bridgehead atoms. The van der Waals surface area contributed by atoms with Crippen LogP contribution in [0.25, 0.3) is 0 Å². The zero-order valence-electron chi connectivity index (χ0n) is 13.2. The van der Waals surface area contributed by atoms with Crippen LogP contribution in [0.1, 0.15) is 46.0 Å². The third-order valence-corrected chi connectivity index (χ3v) is 3.99. The van der Waals surface area contributed by atoms with E-state index < -0.39 is 11.5 Å². The van der Waals surface area contributed by atoms with Gasteiger partial charge < -0.3 is 20.1 Å².